The van der Waals surface area contributed by atoms with E-state index in [2.05, 4.69) is 21.0 Å². The zero-order valence-electron chi connectivity index (χ0n) is 19.9. The van der Waals surface area contributed by atoms with Crippen LogP contribution >= 0.6 is 0 Å². The van der Waals surface area contributed by atoms with Gasteiger partial charge < -0.3 is 13.6 Å². The van der Waals surface area contributed by atoms with Gasteiger partial charge in [0.15, 0.2) is 0 Å². The molecule has 2 aromatic rings. The Morgan fingerprint density at radius 1 is 0.935 bits per heavy atom. The summed E-state index contributed by atoms with van der Waals surface area (Å²) in [5, 5.41) is 0.893. The first-order valence-electron chi connectivity index (χ1n) is 11.9. The second-order valence-corrected chi connectivity index (χ2v) is 9.34. The summed E-state index contributed by atoms with van der Waals surface area (Å²) in [6, 6.07) is 6.82. The maximum atomic E-state index is 12.1. The zero-order chi connectivity index (χ0) is 22.7. The van der Waals surface area contributed by atoms with Gasteiger partial charge in [-0.1, -0.05) is 58.3 Å². The van der Waals surface area contributed by atoms with Crippen molar-refractivity contribution in [1.29, 1.82) is 0 Å². The van der Waals surface area contributed by atoms with Gasteiger partial charge in [-0.2, -0.15) is 0 Å². The number of fused-ring (bicyclic) bond motifs is 1. The highest BCUT2D eigenvalue weighted by atomic mass is 16.5. The second kappa shape index (κ2) is 12.7. The number of carbonyl (C=O) groups is 1. The molecule has 5 nitrogen and oxygen atoms in total. The van der Waals surface area contributed by atoms with Crippen molar-refractivity contribution in [2.75, 3.05) is 20.6 Å². The molecule has 0 amide bonds. The summed E-state index contributed by atoms with van der Waals surface area (Å²) in [4.78, 5) is 23.3. The van der Waals surface area contributed by atoms with Crippen LogP contribution in [0.15, 0.2) is 33.5 Å². The van der Waals surface area contributed by atoms with Crippen LogP contribution < -0.4 is 10.4 Å². The molecule has 5 heteroatoms. The number of rotatable bonds is 14. The molecule has 0 aliphatic rings. The smallest absolute Gasteiger partial charge is 0.336 e. The third-order valence-electron chi connectivity index (χ3n) is 5.78. The molecule has 1 aromatic heterocycles. The standard InChI is InChI=1S/C26H40NO4/c1-5-6-7-8-9-10-11-12-13-14-17-27(3,4)20-22-18-26(29)31-25-19-23(30-21(2)28)15-16-24(22)25/h15-16,18-19H,5-14,17,20H2,1-4H3/q+1. The van der Waals surface area contributed by atoms with E-state index in [1.165, 1.54) is 71.1 Å². The molecule has 172 valence electrons. The number of nitrogens with zero attached hydrogens (tertiary/aromatic N) is 1. The van der Waals surface area contributed by atoms with Crippen molar-refractivity contribution < 1.29 is 18.4 Å². The van der Waals surface area contributed by atoms with Crippen LogP contribution in [-0.2, 0) is 11.3 Å². The minimum atomic E-state index is -0.396. The van der Waals surface area contributed by atoms with E-state index in [1.807, 2.05) is 6.07 Å². The molecule has 0 aliphatic carbocycles. The molecule has 1 aromatic carbocycles. The van der Waals surface area contributed by atoms with E-state index >= 15 is 0 Å². The molecule has 31 heavy (non-hydrogen) atoms. The fourth-order valence-corrected chi connectivity index (χ4v) is 4.14. The number of carbonyl (C=O) groups excluding carboxylic acids is 1. The monoisotopic (exact) mass is 430 g/mol. The van der Waals surface area contributed by atoms with Gasteiger partial charge in [-0.15, -0.1) is 0 Å². The van der Waals surface area contributed by atoms with Gasteiger partial charge in [-0.05, 0) is 25.0 Å². The van der Waals surface area contributed by atoms with E-state index in [0.29, 0.717) is 11.3 Å². The quantitative estimate of drug-likeness (QED) is 0.117. The fraction of sp³-hybridized carbons (Fsp3) is 0.615. The van der Waals surface area contributed by atoms with Gasteiger partial charge >= 0.3 is 11.6 Å². The van der Waals surface area contributed by atoms with E-state index in [-0.39, 0.29) is 5.63 Å². The van der Waals surface area contributed by atoms with E-state index in [9.17, 15) is 9.59 Å². The zero-order valence-corrected chi connectivity index (χ0v) is 19.9. The number of hydrogen-bond acceptors (Lipinski definition) is 4. The van der Waals surface area contributed by atoms with Gasteiger partial charge in [-0.3, -0.25) is 4.79 Å². The Kier molecular flexibility index (Phi) is 10.3. The summed E-state index contributed by atoms with van der Waals surface area (Å²) in [6.07, 6.45) is 13.3. The largest absolute Gasteiger partial charge is 0.427 e. The van der Waals surface area contributed by atoms with E-state index in [4.69, 9.17) is 9.15 Å². The summed E-state index contributed by atoms with van der Waals surface area (Å²) in [6.45, 7) is 5.44. The van der Waals surface area contributed by atoms with Crippen LogP contribution in [0, 0.1) is 0 Å². The van der Waals surface area contributed by atoms with Gasteiger partial charge in [0.05, 0.1) is 20.6 Å². The third kappa shape index (κ3) is 9.26. The van der Waals surface area contributed by atoms with Crippen LogP contribution in [0.5, 0.6) is 5.75 Å². The molecule has 0 radical (unpaired) electrons. The average molecular weight is 431 g/mol. The van der Waals surface area contributed by atoms with Gasteiger partial charge in [0.25, 0.3) is 0 Å². The predicted molar refractivity (Wildman–Crippen MR) is 126 cm³/mol. The van der Waals surface area contributed by atoms with Crippen molar-refractivity contribution in [3.63, 3.8) is 0 Å². The molecular formula is C26H40NO4+. The van der Waals surface area contributed by atoms with Crippen molar-refractivity contribution >= 4 is 16.9 Å². The number of quaternary nitrogens is 1. The number of unbranched alkanes of at least 4 members (excludes halogenated alkanes) is 9. The van der Waals surface area contributed by atoms with Crippen LogP contribution in [0.2, 0.25) is 0 Å². The molecule has 0 unspecified atom stereocenters. The molecule has 0 saturated carbocycles. The molecular weight excluding hydrogens is 390 g/mol. The molecule has 0 saturated heterocycles. The Morgan fingerprint density at radius 2 is 1.55 bits per heavy atom. The Morgan fingerprint density at radius 3 is 2.16 bits per heavy atom. The average Bonchev–Trinajstić information content (AvgIpc) is 2.68. The number of benzene rings is 1. The maximum Gasteiger partial charge on any atom is 0.336 e. The molecule has 0 bridgehead atoms. The third-order valence-corrected chi connectivity index (χ3v) is 5.78. The van der Waals surface area contributed by atoms with Crippen molar-refractivity contribution in [3.8, 4) is 5.75 Å². The Bertz CT molecular complexity index is 885. The summed E-state index contributed by atoms with van der Waals surface area (Å²) in [5.41, 5.74) is 1.05. The van der Waals surface area contributed by atoms with Gasteiger partial charge in [0, 0.05) is 30.0 Å². The van der Waals surface area contributed by atoms with Crippen molar-refractivity contribution in [2.24, 2.45) is 0 Å². The summed E-state index contributed by atoms with van der Waals surface area (Å²) >= 11 is 0. The number of hydrogen-bond donors (Lipinski definition) is 0. The number of esters is 1. The Labute approximate surface area is 187 Å². The molecule has 0 aliphatic heterocycles. The number of ether oxygens (including phenoxy) is 1. The molecule has 0 spiro atoms. The lowest BCUT2D eigenvalue weighted by Gasteiger charge is -2.30. The topological polar surface area (TPSA) is 56.5 Å². The van der Waals surface area contributed by atoms with E-state index in [0.717, 1.165) is 28.5 Å². The second-order valence-electron chi connectivity index (χ2n) is 9.34. The first-order chi connectivity index (χ1) is 14.8. The van der Waals surface area contributed by atoms with Crippen LogP contribution in [0.4, 0.5) is 0 Å². The van der Waals surface area contributed by atoms with Crippen LogP contribution in [0.1, 0.15) is 83.6 Å². The van der Waals surface area contributed by atoms with E-state index in [1.54, 1.807) is 18.2 Å². The summed E-state index contributed by atoms with van der Waals surface area (Å²) in [7, 11) is 4.42. The minimum Gasteiger partial charge on any atom is -0.427 e. The van der Waals surface area contributed by atoms with Crippen LogP contribution in [0.25, 0.3) is 11.0 Å². The van der Waals surface area contributed by atoms with Crippen molar-refractivity contribution in [3.05, 3.63) is 40.2 Å². The molecule has 0 atom stereocenters. The molecule has 1 heterocycles. The van der Waals surface area contributed by atoms with Gasteiger partial charge in [0.1, 0.15) is 17.9 Å². The fourth-order valence-electron chi connectivity index (χ4n) is 4.14. The van der Waals surface area contributed by atoms with Crippen molar-refractivity contribution in [1.82, 2.24) is 0 Å². The lowest BCUT2D eigenvalue weighted by Crippen LogP contribution is -2.39. The lowest BCUT2D eigenvalue weighted by atomic mass is 10.1. The van der Waals surface area contributed by atoms with Crippen LogP contribution in [-0.4, -0.2) is 31.1 Å². The first-order valence-corrected chi connectivity index (χ1v) is 11.9. The first kappa shape index (κ1) is 25.1. The van der Waals surface area contributed by atoms with Gasteiger partial charge in [0.2, 0.25) is 0 Å². The van der Waals surface area contributed by atoms with Crippen molar-refractivity contribution in [2.45, 2.75) is 84.6 Å². The lowest BCUT2D eigenvalue weighted by molar-refractivity contribution is -0.903. The summed E-state index contributed by atoms with van der Waals surface area (Å²) in [5.74, 6) is -0.00782. The Balaban J connectivity index is 1.85. The molecule has 0 fully saturated rings. The van der Waals surface area contributed by atoms with Gasteiger partial charge in [-0.25, -0.2) is 4.79 Å². The van der Waals surface area contributed by atoms with Crippen LogP contribution in [0.3, 0.4) is 0 Å². The molecule has 0 N–H and O–H groups in total. The Hall–Kier alpha value is -2.14. The SMILES string of the molecule is CCCCCCCCCCCC[N+](C)(C)Cc1cc(=O)oc2cc(OC(C)=O)ccc12. The molecule has 2 rings (SSSR count). The summed E-state index contributed by atoms with van der Waals surface area (Å²) < 4.78 is 11.3. The highest BCUT2D eigenvalue weighted by Gasteiger charge is 2.19. The maximum absolute atomic E-state index is 12.1. The van der Waals surface area contributed by atoms with E-state index < -0.39 is 5.97 Å². The highest BCUT2D eigenvalue weighted by molar-refractivity contribution is 5.82. The predicted octanol–water partition coefficient (Wildman–Crippen LogP) is 6.22. The normalized spacial score (nSPS) is 11.7. The minimum absolute atomic E-state index is 0.374. The highest BCUT2D eigenvalue weighted by Crippen LogP contribution is 2.25.